The van der Waals surface area contributed by atoms with Crippen LogP contribution < -0.4 is 15.5 Å². The Morgan fingerprint density at radius 3 is 2.41 bits per heavy atom. The second kappa shape index (κ2) is 10.7. The predicted molar refractivity (Wildman–Crippen MR) is 135 cm³/mol. The number of benzene rings is 2. The number of fused-ring (bicyclic) bond motifs is 1. The molecule has 0 saturated carbocycles. The first-order chi connectivity index (χ1) is 16.0. The third-order valence-corrected chi connectivity index (χ3v) is 5.73. The quantitative estimate of drug-likeness (QED) is 0.576. The van der Waals surface area contributed by atoms with Crippen LogP contribution in [-0.2, 0) is 14.3 Å². The maximum atomic E-state index is 12.4. The average molecular weight is 466 g/mol. The lowest BCUT2D eigenvalue weighted by molar-refractivity contribution is -0.117. The largest absolute Gasteiger partial charge is 0.447 e. The van der Waals surface area contributed by atoms with Crippen molar-refractivity contribution in [2.75, 3.05) is 10.2 Å². The molecule has 0 radical (unpaired) electrons. The van der Waals surface area contributed by atoms with Crippen LogP contribution in [0.15, 0.2) is 42.5 Å². The first-order valence-electron chi connectivity index (χ1n) is 11.9. The van der Waals surface area contributed by atoms with Crippen molar-refractivity contribution in [3.8, 4) is 11.1 Å². The van der Waals surface area contributed by atoms with E-state index in [1.54, 1.807) is 25.7 Å². The Labute approximate surface area is 201 Å². The molecule has 2 aromatic carbocycles. The summed E-state index contributed by atoms with van der Waals surface area (Å²) in [6, 6.07) is 13.2. The van der Waals surface area contributed by atoms with Crippen LogP contribution in [0.3, 0.4) is 0 Å². The number of carbonyl (C=O) groups is 3. The van der Waals surface area contributed by atoms with Gasteiger partial charge in [0.25, 0.3) is 0 Å². The molecule has 1 aliphatic heterocycles. The Morgan fingerprint density at radius 1 is 1.06 bits per heavy atom. The summed E-state index contributed by atoms with van der Waals surface area (Å²) in [5.41, 5.74) is 4.24. The number of nitrogens with zero attached hydrogens (tertiary/aromatic N) is 1. The highest BCUT2D eigenvalue weighted by molar-refractivity contribution is 5.95. The van der Waals surface area contributed by atoms with Crippen molar-refractivity contribution >= 4 is 29.3 Å². The molecule has 2 aromatic rings. The van der Waals surface area contributed by atoms with Gasteiger partial charge in [0.2, 0.25) is 11.8 Å². The second-order valence-corrected chi connectivity index (χ2v) is 9.63. The van der Waals surface area contributed by atoms with E-state index in [2.05, 4.69) is 10.6 Å². The molecule has 0 aromatic heterocycles. The highest BCUT2D eigenvalue weighted by Gasteiger charge is 2.33. The molecule has 7 heteroatoms. The number of alkyl carbamates (subject to hydrolysis) is 1. The molecule has 0 bridgehead atoms. The standard InChI is InChI=1S/C27H35N3O4/c1-16(2)12-26(32)28-22-9-7-8-20(14-22)21-10-11-25-23(15-21)24(29-27(33)34-17(3)4)13-18(5)30(25)19(6)31/h7-11,14-18,24H,12-13H2,1-6H3,(H,28,32)(H,29,33)/t18-,24+/m0/s1. The number of amides is 3. The molecule has 182 valence electrons. The Hall–Kier alpha value is -3.35. The van der Waals surface area contributed by atoms with Gasteiger partial charge < -0.3 is 20.3 Å². The molecule has 0 saturated heterocycles. The van der Waals surface area contributed by atoms with Crippen molar-refractivity contribution in [2.24, 2.45) is 5.92 Å². The Bertz CT molecular complexity index is 1060. The van der Waals surface area contributed by atoms with Crippen LogP contribution in [0.5, 0.6) is 0 Å². The first kappa shape index (κ1) is 25.3. The highest BCUT2D eigenvalue weighted by Crippen LogP contribution is 2.40. The van der Waals surface area contributed by atoms with Crippen LogP contribution in [0.2, 0.25) is 0 Å². The maximum Gasteiger partial charge on any atom is 0.407 e. The normalized spacial score (nSPS) is 17.4. The zero-order valence-electron chi connectivity index (χ0n) is 20.8. The third-order valence-electron chi connectivity index (χ3n) is 5.73. The Morgan fingerprint density at radius 2 is 1.76 bits per heavy atom. The van der Waals surface area contributed by atoms with E-state index in [-0.39, 0.29) is 35.9 Å². The molecule has 0 fully saturated rings. The smallest absolute Gasteiger partial charge is 0.407 e. The van der Waals surface area contributed by atoms with Crippen LogP contribution in [0.25, 0.3) is 11.1 Å². The number of rotatable bonds is 6. The number of nitrogens with one attached hydrogen (secondary N) is 2. The molecule has 1 aliphatic rings. The molecule has 7 nitrogen and oxygen atoms in total. The number of hydrogen-bond donors (Lipinski definition) is 2. The van der Waals surface area contributed by atoms with Crippen molar-refractivity contribution in [1.82, 2.24) is 5.32 Å². The summed E-state index contributed by atoms with van der Waals surface area (Å²) < 4.78 is 5.30. The van der Waals surface area contributed by atoms with Crippen molar-refractivity contribution < 1.29 is 19.1 Å². The fourth-order valence-corrected chi connectivity index (χ4v) is 4.41. The lowest BCUT2D eigenvalue weighted by Gasteiger charge is -2.39. The topological polar surface area (TPSA) is 87.7 Å². The molecule has 0 unspecified atom stereocenters. The number of anilines is 2. The van der Waals surface area contributed by atoms with Crippen LogP contribution in [0, 0.1) is 5.92 Å². The van der Waals surface area contributed by atoms with Gasteiger partial charge in [-0.15, -0.1) is 0 Å². The molecule has 3 rings (SSSR count). The average Bonchev–Trinajstić information content (AvgIpc) is 2.72. The zero-order valence-corrected chi connectivity index (χ0v) is 20.8. The van der Waals surface area contributed by atoms with Crippen molar-refractivity contribution in [1.29, 1.82) is 0 Å². The van der Waals surface area contributed by atoms with E-state index in [1.807, 2.05) is 63.2 Å². The van der Waals surface area contributed by atoms with Gasteiger partial charge in [-0.2, -0.15) is 0 Å². The van der Waals surface area contributed by atoms with E-state index in [0.717, 1.165) is 28.1 Å². The second-order valence-electron chi connectivity index (χ2n) is 9.63. The summed E-state index contributed by atoms with van der Waals surface area (Å²) in [6.45, 7) is 11.2. The van der Waals surface area contributed by atoms with Gasteiger partial charge in [-0.25, -0.2) is 4.79 Å². The van der Waals surface area contributed by atoms with E-state index in [9.17, 15) is 14.4 Å². The molecule has 1 heterocycles. The summed E-state index contributed by atoms with van der Waals surface area (Å²) in [7, 11) is 0. The van der Waals surface area contributed by atoms with Gasteiger partial charge in [-0.05, 0) is 74.1 Å². The minimum Gasteiger partial charge on any atom is -0.447 e. The van der Waals surface area contributed by atoms with Gasteiger partial charge >= 0.3 is 6.09 Å². The molecular weight excluding hydrogens is 430 g/mol. The van der Waals surface area contributed by atoms with Gasteiger partial charge in [0, 0.05) is 30.8 Å². The summed E-state index contributed by atoms with van der Waals surface area (Å²) in [6.07, 6.45) is 0.333. The van der Waals surface area contributed by atoms with Crippen molar-refractivity contribution in [2.45, 2.75) is 72.6 Å². The zero-order chi connectivity index (χ0) is 25.0. The summed E-state index contributed by atoms with van der Waals surface area (Å²) in [5, 5.41) is 5.94. The number of ether oxygens (including phenoxy) is 1. The molecular formula is C27H35N3O4. The van der Waals surface area contributed by atoms with Gasteiger partial charge in [-0.1, -0.05) is 32.0 Å². The molecule has 2 atom stereocenters. The van der Waals surface area contributed by atoms with Crippen molar-refractivity contribution in [3.05, 3.63) is 48.0 Å². The van der Waals surface area contributed by atoms with E-state index in [4.69, 9.17) is 4.74 Å². The molecule has 34 heavy (non-hydrogen) atoms. The Kier molecular flexibility index (Phi) is 7.97. The van der Waals surface area contributed by atoms with E-state index < -0.39 is 6.09 Å². The van der Waals surface area contributed by atoms with Crippen LogP contribution in [0.4, 0.5) is 16.2 Å². The van der Waals surface area contributed by atoms with E-state index >= 15 is 0 Å². The third kappa shape index (κ3) is 6.16. The van der Waals surface area contributed by atoms with Gasteiger partial charge in [0.05, 0.1) is 12.1 Å². The lowest BCUT2D eigenvalue weighted by atomic mass is 9.89. The maximum absolute atomic E-state index is 12.4. The van der Waals surface area contributed by atoms with Crippen LogP contribution >= 0.6 is 0 Å². The van der Waals surface area contributed by atoms with Gasteiger partial charge in [-0.3, -0.25) is 9.59 Å². The highest BCUT2D eigenvalue weighted by atomic mass is 16.6. The molecule has 0 aliphatic carbocycles. The van der Waals surface area contributed by atoms with Crippen LogP contribution in [0.1, 0.15) is 66.0 Å². The molecule has 3 amide bonds. The first-order valence-corrected chi connectivity index (χ1v) is 11.9. The van der Waals surface area contributed by atoms with Gasteiger partial charge in [0.1, 0.15) is 0 Å². The molecule has 2 N–H and O–H groups in total. The minimum absolute atomic E-state index is 0.0170. The van der Waals surface area contributed by atoms with Crippen molar-refractivity contribution in [3.63, 3.8) is 0 Å². The summed E-state index contributed by atoms with van der Waals surface area (Å²) >= 11 is 0. The van der Waals surface area contributed by atoms with E-state index in [0.29, 0.717) is 12.8 Å². The minimum atomic E-state index is -0.477. The summed E-state index contributed by atoms with van der Waals surface area (Å²) in [4.78, 5) is 38.8. The number of hydrogen-bond acceptors (Lipinski definition) is 4. The van der Waals surface area contributed by atoms with E-state index in [1.165, 1.54) is 0 Å². The number of carbonyl (C=O) groups excluding carboxylic acids is 3. The fraction of sp³-hybridized carbons (Fsp3) is 0.444. The van der Waals surface area contributed by atoms with Gasteiger partial charge in [0.15, 0.2) is 0 Å². The predicted octanol–water partition coefficient (Wildman–Crippen LogP) is 5.66. The SMILES string of the molecule is CC(=O)N1c2ccc(-c3cccc(NC(=O)CC(C)C)c3)cc2[C@H](NC(=O)OC(C)C)C[C@@H]1C. The Balaban J connectivity index is 1.95. The van der Waals surface area contributed by atoms with Crippen LogP contribution in [-0.4, -0.2) is 30.1 Å². The fourth-order valence-electron chi connectivity index (χ4n) is 4.41. The molecule has 0 spiro atoms. The lowest BCUT2D eigenvalue weighted by Crippen LogP contribution is -2.45. The monoisotopic (exact) mass is 465 g/mol. The summed E-state index contributed by atoms with van der Waals surface area (Å²) in [5.74, 6) is 0.221.